The Balaban J connectivity index is 4.71. The van der Waals surface area contributed by atoms with Gasteiger partial charge >= 0.3 is 0 Å². The van der Waals surface area contributed by atoms with Crippen LogP contribution in [0.4, 0.5) is 0 Å². The summed E-state index contributed by atoms with van der Waals surface area (Å²) < 4.78 is 22.6. The third-order valence-electron chi connectivity index (χ3n) is 2.77. The van der Waals surface area contributed by atoms with E-state index >= 15 is 0 Å². The van der Waals surface area contributed by atoms with Gasteiger partial charge in [-0.2, -0.15) is 0 Å². The first-order valence-electron chi connectivity index (χ1n) is 4.83. The molecule has 0 atom stereocenters. The van der Waals surface area contributed by atoms with Crippen LogP contribution in [-0.2, 0) is 9.84 Å². The molecule has 0 fully saturated rings. The topological polar surface area (TPSA) is 46.2 Å². The highest BCUT2D eigenvalue weighted by Gasteiger charge is 2.36. The first-order chi connectivity index (χ1) is 5.93. The Kier molecular flexibility index (Phi) is 4.92. The largest absolute Gasteiger partial charge is 0.315 e. The van der Waals surface area contributed by atoms with Crippen molar-refractivity contribution in [1.82, 2.24) is 5.32 Å². The van der Waals surface area contributed by atoms with Crippen LogP contribution < -0.4 is 5.32 Å². The zero-order valence-corrected chi connectivity index (χ0v) is 9.87. The molecule has 0 amide bonds. The second kappa shape index (κ2) is 4.96. The van der Waals surface area contributed by atoms with E-state index in [1.807, 2.05) is 20.8 Å². The van der Waals surface area contributed by atoms with Gasteiger partial charge in [0.2, 0.25) is 0 Å². The summed E-state index contributed by atoms with van der Waals surface area (Å²) in [4.78, 5) is 0. The zero-order chi connectivity index (χ0) is 10.5. The maximum Gasteiger partial charge on any atom is 0.154 e. The molecule has 0 rings (SSSR count). The van der Waals surface area contributed by atoms with Crippen molar-refractivity contribution in [1.29, 1.82) is 0 Å². The van der Waals surface area contributed by atoms with Crippen molar-refractivity contribution in [3.05, 3.63) is 0 Å². The number of hydrogen-bond donors (Lipinski definition) is 1. The molecule has 1 N–H and O–H groups in total. The third kappa shape index (κ3) is 2.95. The van der Waals surface area contributed by atoms with Crippen LogP contribution in [0.15, 0.2) is 0 Å². The van der Waals surface area contributed by atoms with E-state index in [2.05, 4.69) is 5.32 Å². The average Bonchev–Trinajstić information content (AvgIpc) is 2.05. The molecule has 0 aliphatic heterocycles. The van der Waals surface area contributed by atoms with E-state index in [9.17, 15) is 8.42 Å². The molecule has 0 spiro atoms. The normalized spacial score (nSPS) is 13.2. The highest BCUT2D eigenvalue weighted by atomic mass is 32.2. The minimum atomic E-state index is -2.96. The molecule has 0 aromatic rings. The predicted molar refractivity (Wildman–Crippen MR) is 56.7 cm³/mol. The molecule has 0 aliphatic rings. The molecule has 0 heterocycles. The average molecular weight is 207 g/mol. The molecular formula is C9H21NO2S. The van der Waals surface area contributed by atoms with Crippen LogP contribution in [0.25, 0.3) is 0 Å². The summed E-state index contributed by atoms with van der Waals surface area (Å²) >= 11 is 0. The van der Waals surface area contributed by atoms with E-state index in [1.165, 1.54) is 6.26 Å². The first-order valence-corrected chi connectivity index (χ1v) is 6.73. The van der Waals surface area contributed by atoms with Crippen LogP contribution in [0.2, 0.25) is 0 Å². The van der Waals surface area contributed by atoms with Crippen LogP contribution in [-0.4, -0.2) is 32.5 Å². The Labute approximate surface area is 81.8 Å². The Morgan fingerprint density at radius 1 is 1.15 bits per heavy atom. The lowest BCUT2D eigenvalue weighted by molar-refractivity contribution is 0.457. The summed E-state index contributed by atoms with van der Waals surface area (Å²) in [5.74, 6) is 0. The van der Waals surface area contributed by atoms with Crippen molar-refractivity contribution in [2.24, 2.45) is 0 Å². The number of nitrogens with one attached hydrogen (secondary N) is 1. The Bertz CT molecular complexity index is 230. The third-order valence-corrected chi connectivity index (χ3v) is 5.07. The van der Waals surface area contributed by atoms with Gasteiger partial charge < -0.3 is 5.32 Å². The molecule has 0 unspecified atom stereocenters. The molecule has 0 aromatic carbocycles. The molecule has 3 nitrogen and oxygen atoms in total. The highest BCUT2D eigenvalue weighted by molar-refractivity contribution is 7.92. The lowest BCUT2D eigenvalue weighted by atomic mass is 10.0. The number of hydrogen-bond acceptors (Lipinski definition) is 3. The van der Waals surface area contributed by atoms with Crippen molar-refractivity contribution >= 4 is 9.84 Å². The highest BCUT2D eigenvalue weighted by Crippen LogP contribution is 2.24. The van der Waals surface area contributed by atoms with Gasteiger partial charge in [0.15, 0.2) is 9.84 Å². The SMILES string of the molecule is CCNCC(CC)(CC)S(C)(=O)=O. The summed E-state index contributed by atoms with van der Waals surface area (Å²) in [5.41, 5.74) is 0. The minimum Gasteiger partial charge on any atom is -0.315 e. The van der Waals surface area contributed by atoms with Gasteiger partial charge in [-0.05, 0) is 19.4 Å². The van der Waals surface area contributed by atoms with Crippen molar-refractivity contribution < 1.29 is 8.42 Å². The summed E-state index contributed by atoms with van der Waals surface area (Å²) in [6.45, 7) is 7.23. The van der Waals surface area contributed by atoms with E-state index < -0.39 is 14.6 Å². The van der Waals surface area contributed by atoms with Crippen LogP contribution in [0.3, 0.4) is 0 Å². The van der Waals surface area contributed by atoms with E-state index in [0.29, 0.717) is 19.4 Å². The van der Waals surface area contributed by atoms with Crippen molar-refractivity contribution in [3.63, 3.8) is 0 Å². The van der Waals surface area contributed by atoms with E-state index in [1.54, 1.807) is 0 Å². The summed E-state index contributed by atoms with van der Waals surface area (Å²) in [6, 6.07) is 0. The Morgan fingerprint density at radius 3 is 1.85 bits per heavy atom. The standard InChI is InChI=1S/C9H21NO2S/c1-5-9(6-2,8-10-7-3)13(4,11)12/h10H,5-8H2,1-4H3. The molecule has 0 aliphatic carbocycles. The minimum absolute atomic E-state index is 0.565. The van der Waals surface area contributed by atoms with Crippen molar-refractivity contribution in [3.8, 4) is 0 Å². The second-order valence-electron chi connectivity index (χ2n) is 3.44. The van der Waals surface area contributed by atoms with Crippen LogP contribution in [0.5, 0.6) is 0 Å². The Morgan fingerprint density at radius 2 is 1.62 bits per heavy atom. The maximum absolute atomic E-state index is 11.6. The maximum atomic E-state index is 11.6. The van der Waals surface area contributed by atoms with Crippen LogP contribution in [0.1, 0.15) is 33.6 Å². The fourth-order valence-electron chi connectivity index (χ4n) is 1.51. The Hall–Kier alpha value is -0.0900. The quantitative estimate of drug-likeness (QED) is 0.712. The van der Waals surface area contributed by atoms with Gasteiger partial charge in [-0.15, -0.1) is 0 Å². The van der Waals surface area contributed by atoms with E-state index in [0.717, 1.165) is 6.54 Å². The van der Waals surface area contributed by atoms with Gasteiger partial charge in [0.25, 0.3) is 0 Å². The molecule has 0 saturated carbocycles. The zero-order valence-electron chi connectivity index (χ0n) is 9.05. The monoisotopic (exact) mass is 207 g/mol. The molecule has 0 aromatic heterocycles. The summed E-state index contributed by atoms with van der Waals surface area (Å²) in [6.07, 6.45) is 2.68. The van der Waals surface area contributed by atoms with E-state index in [4.69, 9.17) is 0 Å². The molecule has 80 valence electrons. The van der Waals surface area contributed by atoms with Crippen molar-refractivity contribution in [2.75, 3.05) is 19.3 Å². The fraction of sp³-hybridized carbons (Fsp3) is 1.00. The molecular weight excluding hydrogens is 186 g/mol. The summed E-state index contributed by atoms with van der Waals surface area (Å²) in [7, 11) is -2.96. The van der Waals surface area contributed by atoms with Crippen molar-refractivity contribution in [2.45, 2.75) is 38.4 Å². The lowest BCUT2D eigenvalue weighted by Crippen LogP contribution is -2.46. The lowest BCUT2D eigenvalue weighted by Gasteiger charge is -2.29. The van der Waals surface area contributed by atoms with Crippen LogP contribution >= 0.6 is 0 Å². The molecule has 0 bridgehead atoms. The van der Waals surface area contributed by atoms with Gasteiger partial charge in [-0.1, -0.05) is 20.8 Å². The molecule has 4 heteroatoms. The van der Waals surface area contributed by atoms with Gasteiger partial charge in [-0.3, -0.25) is 0 Å². The fourth-order valence-corrected chi connectivity index (χ4v) is 2.92. The van der Waals surface area contributed by atoms with Gasteiger partial charge in [0, 0.05) is 12.8 Å². The van der Waals surface area contributed by atoms with Gasteiger partial charge in [0.05, 0.1) is 4.75 Å². The predicted octanol–water partition coefficient (Wildman–Crippen LogP) is 1.20. The van der Waals surface area contributed by atoms with Gasteiger partial charge in [-0.25, -0.2) is 8.42 Å². The molecule has 0 radical (unpaired) electrons. The smallest absolute Gasteiger partial charge is 0.154 e. The molecule has 13 heavy (non-hydrogen) atoms. The summed E-state index contributed by atoms with van der Waals surface area (Å²) in [5, 5.41) is 3.12. The second-order valence-corrected chi connectivity index (χ2v) is 5.85. The number of rotatable bonds is 6. The number of sulfone groups is 1. The van der Waals surface area contributed by atoms with E-state index in [-0.39, 0.29) is 0 Å². The first kappa shape index (κ1) is 12.9. The van der Waals surface area contributed by atoms with Gasteiger partial charge in [0.1, 0.15) is 0 Å². The molecule has 0 saturated heterocycles. The van der Waals surface area contributed by atoms with Crippen LogP contribution in [0, 0.1) is 0 Å².